The van der Waals surface area contributed by atoms with E-state index in [1.807, 2.05) is 38.1 Å². The molecule has 0 bridgehead atoms. The average molecular weight is 418 g/mol. The third-order valence-corrected chi connectivity index (χ3v) is 4.67. The van der Waals surface area contributed by atoms with Crippen molar-refractivity contribution in [1.29, 1.82) is 0 Å². The summed E-state index contributed by atoms with van der Waals surface area (Å²) in [6.45, 7) is 4.08. The molecule has 0 aliphatic rings. The Balaban J connectivity index is 1.86. The van der Waals surface area contributed by atoms with Gasteiger partial charge in [0.2, 0.25) is 0 Å². The normalized spacial score (nSPS) is 12.6. The predicted octanol–water partition coefficient (Wildman–Crippen LogP) is 5.48. The van der Waals surface area contributed by atoms with Crippen LogP contribution in [0, 0.1) is 5.92 Å². The summed E-state index contributed by atoms with van der Waals surface area (Å²) in [6.07, 6.45) is -1.64. The molecule has 0 N–H and O–H groups in total. The van der Waals surface area contributed by atoms with E-state index in [0.717, 1.165) is 16.7 Å². The minimum absolute atomic E-state index is 0.141. The van der Waals surface area contributed by atoms with Gasteiger partial charge in [0.05, 0.1) is 25.7 Å². The Bertz CT molecular complexity index is 994. The molecule has 0 radical (unpaired) electrons. The number of imidazole rings is 1. The molecule has 1 unspecified atom stereocenters. The molecule has 1 atom stereocenters. The molecule has 158 valence electrons. The lowest BCUT2D eigenvalue weighted by Gasteiger charge is -2.24. The first-order valence-corrected chi connectivity index (χ1v) is 9.26. The van der Waals surface area contributed by atoms with Gasteiger partial charge < -0.3 is 14.0 Å². The SMILES string of the molecule is COC(=O)c1cncn1C(c1ccc(-c2ccc(OC(F)(F)F)cc2)cc1)C(C)C. The van der Waals surface area contributed by atoms with Crippen molar-refractivity contribution in [2.45, 2.75) is 26.3 Å². The first-order valence-electron chi connectivity index (χ1n) is 9.26. The zero-order chi connectivity index (χ0) is 21.9. The molecule has 5 nitrogen and oxygen atoms in total. The first-order chi connectivity index (χ1) is 14.2. The lowest BCUT2D eigenvalue weighted by molar-refractivity contribution is -0.274. The van der Waals surface area contributed by atoms with E-state index in [2.05, 4.69) is 9.72 Å². The van der Waals surface area contributed by atoms with E-state index in [0.29, 0.717) is 5.69 Å². The van der Waals surface area contributed by atoms with Gasteiger partial charge in [0.1, 0.15) is 11.4 Å². The van der Waals surface area contributed by atoms with Crippen LogP contribution in [0.25, 0.3) is 11.1 Å². The molecule has 0 fully saturated rings. The maximum atomic E-state index is 12.3. The summed E-state index contributed by atoms with van der Waals surface area (Å²) in [4.78, 5) is 16.1. The van der Waals surface area contributed by atoms with Crippen LogP contribution in [0.3, 0.4) is 0 Å². The van der Waals surface area contributed by atoms with Crippen LogP contribution in [0.2, 0.25) is 0 Å². The number of alkyl halides is 3. The Morgan fingerprint density at radius 1 is 1.00 bits per heavy atom. The van der Waals surface area contributed by atoms with E-state index in [4.69, 9.17) is 4.74 Å². The number of carbonyl (C=O) groups is 1. The third-order valence-electron chi connectivity index (χ3n) is 4.67. The fourth-order valence-electron chi connectivity index (χ4n) is 3.38. The number of halogens is 3. The van der Waals surface area contributed by atoms with Crippen molar-refractivity contribution >= 4 is 5.97 Å². The number of hydrogen-bond donors (Lipinski definition) is 0. The molecule has 0 spiro atoms. The lowest BCUT2D eigenvalue weighted by atomic mass is 9.93. The Labute approximate surface area is 172 Å². The highest BCUT2D eigenvalue weighted by molar-refractivity contribution is 5.87. The van der Waals surface area contributed by atoms with E-state index in [1.165, 1.54) is 25.4 Å². The van der Waals surface area contributed by atoms with Crippen LogP contribution >= 0.6 is 0 Å². The number of esters is 1. The Hall–Kier alpha value is -3.29. The van der Waals surface area contributed by atoms with E-state index < -0.39 is 12.3 Å². The van der Waals surface area contributed by atoms with Crippen LogP contribution in [0.5, 0.6) is 5.75 Å². The molecule has 0 aliphatic heterocycles. The number of methoxy groups -OCH3 is 1. The van der Waals surface area contributed by atoms with Crippen LogP contribution in [-0.4, -0.2) is 29.0 Å². The van der Waals surface area contributed by atoms with Crippen LogP contribution in [0.15, 0.2) is 61.1 Å². The van der Waals surface area contributed by atoms with Gasteiger partial charge in [0.15, 0.2) is 0 Å². The standard InChI is InChI=1S/C22H21F3N2O3/c1-14(2)20(27-13-26-12-19(27)21(28)29-3)17-6-4-15(5-7-17)16-8-10-18(11-9-16)30-22(23,24)25/h4-14,20H,1-3H3. The first kappa shape index (κ1) is 21.4. The van der Waals surface area contributed by atoms with Gasteiger partial charge in [-0.2, -0.15) is 0 Å². The fraction of sp³-hybridized carbons (Fsp3) is 0.273. The van der Waals surface area contributed by atoms with Gasteiger partial charge >= 0.3 is 12.3 Å². The molecule has 3 aromatic rings. The molecular formula is C22H21F3N2O3. The van der Waals surface area contributed by atoms with Crippen LogP contribution in [0.4, 0.5) is 13.2 Å². The minimum atomic E-state index is -4.72. The van der Waals surface area contributed by atoms with E-state index in [-0.39, 0.29) is 17.7 Å². The highest BCUT2D eigenvalue weighted by atomic mass is 19.4. The number of ether oxygens (including phenoxy) is 2. The monoisotopic (exact) mass is 418 g/mol. The zero-order valence-corrected chi connectivity index (χ0v) is 16.7. The number of aromatic nitrogens is 2. The number of carbonyl (C=O) groups excluding carboxylic acids is 1. The minimum Gasteiger partial charge on any atom is -0.464 e. The summed E-state index contributed by atoms with van der Waals surface area (Å²) in [5.41, 5.74) is 2.93. The Morgan fingerprint density at radius 2 is 1.57 bits per heavy atom. The molecule has 2 aromatic carbocycles. The lowest BCUT2D eigenvalue weighted by Crippen LogP contribution is -2.20. The number of hydrogen-bond acceptors (Lipinski definition) is 4. The summed E-state index contributed by atoms with van der Waals surface area (Å²) < 4.78 is 47.5. The van der Waals surface area contributed by atoms with Crippen molar-refractivity contribution in [2.75, 3.05) is 7.11 Å². The molecule has 1 heterocycles. The second-order valence-corrected chi connectivity index (χ2v) is 7.06. The summed E-state index contributed by atoms with van der Waals surface area (Å²) >= 11 is 0. The van der Waals surface area contributed by atoms with Crippen LogP contribution in [-0.2, 0) is 4.74 Å². The summed E-state index contributed by atoms with van der Waals surface area (Å²) in [7, 11) is 1.32. The van der Waals surface area contributed by atoms with Crippen molar-refractivity contribution in [3.63, 3.8) is 0 Å². The van der Waals surface area contributed by atoms with Gasteiger partial charge in [-0.05, 0) is 34.7 Å². The maximum Gasteiger partial charge on any atom is 0.573 e. The van der Waals surface area contributed by atoms with Crippen molar-refractivity contribution in [2.24, 2.45) is 5.92 Å². The largest absolute Gasteiger partial charge is 0.573 e. The van der Waals surface area contributed by atoms with Gasteiger partial charge in [-0.1, -0.05) is 50.2 Å². The number of benzene rings is 2. The number of rotatable bonds is 6. The van der Waals surface area contributed by atoms with E-state index >= 15 is 0 Å². The molecule has 0 amide bonds. The van der Waals surface area contributed by atoms with E-state index in [1.54, 1.807) is 23.0 Å². The highest BCUT2D eigenvalue weighted by Crippen LogP contribution is 2.31. The van der Waals surface area contributed by atoms with Gasteiger partial charge in [-0.15, -0.1) is 13.2 Å². The Morgan fingerprint density at radius 3 is 2.07 bits per heavy atom. The third kappa shape index (κ3) is 4.82. The van der Waals surface area contributed by atoms with Crippen molar-refractivity contribution in [3.05, 3.63) is 72.3 Å². The zero-order valence-electron chi connectivity index (χ0n) is 16.7. The van der Waals surface area contributed by atoms with Crippen molar-refractivity contribution in [1.82, 2.24) is 9.55 Å². The maximum absolute atomic E-state index is 12.3. The van der Waals surface area contributed by atoms with Gasteiger partial charge in [-0.25, -0.2) is 9.78 Å². The highest BCUT2D eigenvalue weighted by Gasteiger charge is 2.31. The Kier molecular flexibility index (Phi) is 6.14. The quantitative estimate of drug-likeness (QED) is 0.498. The molecule has 3 rings (SSSR count). The van der Waals surface area contributed by atoms with Gasteiger partial charge in [0, 0.05) is 0 Å². The molecule has 0 saturated heterocycles. The van der Waals surface area contributed by atoms with E-state index in [9.17, 15) is 18.0 Å². The summed E-state index contributed by atoms with van der Waals surface area (Å²) in [6, 6.07) is 13.2. The smallest absolute Gasteiger partial charge is 0.464 e. The van der Waals surface area contributed by atoms with Gasteiger partial charge in [-0.3, -0.25) is 0 Å². The average Bonchev–Trinajstić information content (AvgIpc) is 3.16. The second kappa shape index (κ2) is 8.61. The molecule has 0 saturated carbocycles. The topological polar surface area (TPSA) is 53.3 Å². The van der Waals surface area contributed by atoms with Gasteiger partial charge in [0.25, 0.3) is 0 Å². The molecular weight excluding hydrogens is 397 g/mol. The molecule has 30 heavy (non-hydrogen) atoms. The summed E-state index contributed by atoms with van der Waals surface area (Å²) in [5.74, 6) is -0.568. The molecule has 0 aliphatic carbocycles. The van der Waals surface area contributed by atoms with Crippen LogP contribution < -0.4 is 4.74 Å². The molecule has 8 heteroatoms. The van der Waals surface area contributed by atoms with Crippen molar-refractivity contribution < 1.29 is 27.4 Å². The summed E-state index contributed by atoms with van der Waals surface area (Å²) in [5, 5.41) is 0. The fourth-order valence-corrected chi connectivity index (χ4v) is 3.38. The second-order valence-electron chi connectivity index (χ2n) is 7.06. The van der Waals surface area contributed by atoms with Crippen LogP contribution in [0.1, 0.15) is 35.9 Å². The molecule has 1 aromatic heterocycles. The number of nitrogens with zero attached hydrogens (tertiary/aromatic N) is 2. The predicted molar refractivity (Wildman–Crippen MR) is 105 cm³/mol. The van der Waals surface area contributed by atoms with Crippen molar-refractivity contribution in [3.8, 4) is 16.9 Å².